The molecular weight excluding hydrogens is 112 g/mol. The highest BCUT2D eigenvalue weighted by molar-refractivity contribution is 4.87. The van der Waals surface area contributed by atoms with Crippen molar-refractivity contribution in [2.24, 2.45) is 11.8 Å². The first kappa shape index (κ1) is 7.07. The summed E-state index contributed by atoms with van der Waals surface area (Å²) in [6.45, 7) is 5.93. The summed E-state index contributed by atoms with van der Waals surface area (Å²) in [5.41, 5.74) is -0.457. The van der Waals surface area contributed by atoms with Crippen molar-refractivity contribution in [1.82, 2.24) is 0 Å². The van der Waals surface area contributed by atoms with E-state index < -0.39 is 5.60 Å². The molecule has 0 heterocycles. The predicted molar refractivity (Wildman–Crippen MR) is 38.2 cm³/mol. The highest BCUT2D eigenvalue weighted by Crippen LogP contribution is 2.41. The Morgan fingerprint density at radius 1 is 1.44 bits per heavy atom. The number of hydrogen-bond acceptors (Lipinski definition) is 1. The number of hydrogen-bond donors (Lipinski definition) is 1. The van der Waals surface area contributed by atoms with Crippen molar-refractivity contribution in [3.8, 4) is 0 Å². The lowest BCUT2D eigenvalue weighted by atomic mass is 9.89. The zero-order chi connectivity index (χ0) is 7.07. The van der Waals surface area contributed by atoms with Crippen LogP contribution in [0.15, 0.2) is 0 Å². The van der Waals surface area contributed by atoms with Gasteiger partial charge in [0.1, 0.15) is 0 Å². The molecule has 0 aliphatic heterocycles. The zero-order valence-electron chi connectivity index (χ0n) is 6.52. The van der Waals surface area contributed by atoms with Crippen molar-refractivity contribution in [1.29, 1.82) is 0 Å². The van der Waals surface area contributed by atoms with Crippen LogP contribution in [0.3, 0.4) is 0 Å². The summed E-state index contributed by atoms with van der Waals surface area (Å²) in [6.07, 6.45) is 2.65. The molecule has 1 unspecified atom stereocenters. The lowest BCUT2D eigenvalue weighted by Gasteiger charge is -2.25. The Kier molecular flexibility index (Phi) is 1.55. The van der Waals surface area contributed by atoms with Gasteiger partial charge in [-0.1, -0.05) is 6.92 Å². The van der Waals surface area contributed by atoms with Crippen molar-refractivity contribution in [2.75, 3.05) is 0 Å². The molecule has 0 saturated heterocycles. The number of aliphatic hydroxyl groups is 1. The van der Waals surface area contributed by atoms with Gasteiger partial charge in [-0.2, -0.15) is 0 Å². The molecule has 1 heteroatoms. The fourth-order valence-corrected chi connectivity index (χ4v) is 1.17. The predicted octanol–water partition coefficient (Wildman–Crippen LogP) is 1.80. The molecule has 0 amide bonds. The van der Waals surface area contributed by atoms with Gasteiger partial charge in [-0.05, 0) is 38.5 Å². The van der Waals surface area contributed by atoms with E-state index >= 15 is 0 Å². The summed E-state index contributed by atoms with van der Waals surface area (Å²) in [5, 5.41) is 9.50. The third-order valence-corrected chi connectivity index (χ3v) is 2.44. The van der Waals surface area contributed by atoms with Crippen molar-refractivity contribution < 1.29 is 5.11 Å². The van der Waals surface area contributed by atoms with Crippen LogP contribution in [-0.2, 0) is 0 Å². The Bertz CT molecular complexity index is 97.6. The topological polar surface area (TPSA) is 20.2 Å². The molecule has 0 aromatic carbocycles. The van der Waals surface area contributed by atoms with E-state index in [1.807, 2.05) is 13.8 Å². The summed E-state index contributed by atoms with van der Waals surface area (Å²) in [5.74, 6) is 1.29. The van der Waals surface area contributed by atoms with Crippen molar-refractivity contribution in [3.63, 3.8) is 0 Å². The maximum Gasteiger partial charge on any atom is 0.0619 e. The van der Waals surface area contributed by atoms with E-state index in [9.17, 15) is 5.11 Å². The summed E-state index contributed by atoms with van der Waals surface area (Å²) in [4.78, 5) is 0. The van der Waals surface area contributed by atoms with E-state index in [0.29, 0.717) is 5.92 Å². The van der Waals surface area contributed by atoms with Gasteiger partial charge in [0.15, 0.2) is 0 Å². The maximum atomic E-state index is 9.50. The lowest BCUT2D eigenvalue weighted by molar-refractivity contribution is 0.0155. The van der Waals surface area contributed by atoms with Gasteiger partial charge < -0.3 is 5.11 Å². The fraction of sp³-hybridized carbons (Fsp3) is 1.00. The van der Waals surface area contributed by atoms with Gasteiger partial charge >= 0.3 is 0 Å². The standard InChI is InChI=1S/C8H16O/c1-6(7-4-5-7)8(2,3)9/h6-7,9H,4-5H2,1-3H3. The Morgan fingerprint density at radius 2 is 1.89 bits per heavy atom. The van der Waals surface area contributed by atoms with E-state index in [1.165, 1.54) is 12.8 Å². The lowest BCUT2D eigenvalue weighted by Crippen LogP contribution is -2.29. The Balaban J connectivity index is 2.40. The minimum Gasteiger partial charge on any atom is -0.390 e. The molecule has 1 atom stereocenters. The number of rotatable bonds is 2. The van der Waals surface area contributed by atoms with Crippen LogP contribution in [-0.4, -0.2) is 10.7 Å². The normalized spacial score (nSPS) is 24.0. The minimum atomic E-state index is -0.457. The highest BCUT2D eigenvalue weighted by atomic mass is 16.3. The van der Waals surface area contributed by atoms with Crippen molar-refractivity contribution in [3.05, 3.63) is 0 Å². The third-order valence-electron chi connectivity index (χ3n) is 2.44. The summed E-state index contributed by atoms with van der Waals surface area (Å²) < 4.78 is 0. The average molecular weight is 128 g/mol. The highest BCUT2D eigenvalue weighted by Gasteiger charge is 2.36. The Morgan fingerprint density at radius 3 is 2.00 bits per heavy atom. The van der Waals surface area contributed by atoms with Gasteiger partial charge in [0.05, 0.1) is 5.60 Å². The zero-order valence-corrected chi connectivity index (χ0v) is 6.52. The molecule has 9 heavy (non-hydrogen) atoms. The SMILES string of the molecule is CC(C1CC1)C(C)(C)O. The van der Waals surface area contributed by atoms with Gasteiger partial charge in [-0.25, -0.2) is 0 Å². The molecule has 1 nitrogen and oxygen atoms in total. The van der Waals surface area contributed by atoms with Crippen LogP contribution in [0.2, 0.25) is 0 Å². The van der Waals surface area contributed by atoms with Crippen molar-refractivity contribution >= 4 is 0 Å². The first-order chi connectivity index (χ1) is 4.02. The molecule has 1 fully saturated rings. The largest absolute Gasteiger partial charge is 0.390 e. The molecule has 1 aliphatic rings. The molecule has 0 spiro atoms. The van der Waals surface area contributed by atoms with Gasteiger partial charge in [-0.15, -0.1) is 0 Å². The maximum absolute atomic E-state index is 9.50. The van der Waals surface area contributed by atoms with Crippen LogP contribution < -0.4 is 0 Å². The second-order valence-electron chi connectivity index (χ2n) is 3.78. The first-order valence-electron chi connectivity index (χ1n) is 3.74. The summed E-state index contributed by atoms with van der Waals surface area (Å²) in [6, 6.07) is 0. The smallest absolute Gasteiger partial charge is 0.0619 e. The molecule has 0 bridgehead atoms. The molecule has 0 aromatic heterocycles. The van der Waals surface area contributed by atoms with E-state index in [0.717, 1.165) is 5.92 Å². The second-order valence-corrected chi connectivity index (χ2v) is 3.78. The van der Waals surface area contributed by atoms with Gasteiger partial charge in [-0.3, -0.25) is 0 Å². The molecule has 1 saturated carbocycles. The molecule has 1 N–H and O–H groups in total. The molecule has 0 radical (unpaired) electrons. The fourth-order valence-electron chi connectivity index (χ4n) is 1.17. The molecule has 1 aliphatic carbocycles. The summed E-state index contributed by atoms with van der Waals surface area (Å²) >= 11 is 0. The minimum absolute atomic E-state index is 0.457. The molecule has 1 rings (SSSR count). The molecule has 0 aromatic rings. The summed E-state index contributed by atoms with van der Waals surface area (Å²) in [7, 11) is 0. The molecular formula is C8H16O. The van der Waals surface area contributed by atoms with Crippen LogP contribution in [0.25, 0.3) is 0 Å². The Hall–Kier alpha value is -0.0400. The quantitative estimate of drug-likeness (QED) is 0.601. The Labute approximate surface area is 57.1 Å². The van der Waals surface area contributed by atoms with E-state index in [-0.39, 0.29) is 0 Å². The van der Waals surface area contributed by atoms with Crippen LogP contribution in [0.1, 0.15) is 33.6 Å². The first-order valence-corrected chi connectivity index (χ1v) is 3.74. The van der Waals surface area contributed by atoms with Gasteiger partial charge in [0, 0.05) is 0 Å². The van der Waals surface area contributed by atoms with Crippen molar-refractivity contribution in [2.45, 2.75) is 39.2 Å². The van der Waals surface area contributed by atoms with Gasteiger partial charge in [0.25, 0.3) is 0 Å². The van der Waals surface area contributed by atoms with Gasteiger partial charge in [0.2, 0.25) is 0 Å². The van der Waals surface area contributed by atoms with Crippen LogP contribution in [0.4, 0.5) is 0 Å². The molecule has 54 valence electrons. The monoisotopic (exact) mass is 128 g/mol. The van der Waals surface area contributed by atoms with E-state index in [4.69, 9.17) is 0 Å². The van der Waals surface area contributed by atoms with Crippen LogP contribution >= 0.6 is 0 Å². The van der Waals surface area contributed by atoms with E-state index in [1.54, 1.807) is 0 Å². The second kappa shape index (κ2) is 1.98. The van der Waals surface area contributed by atoms with Crippen LogP contribution in [0, 0.1) is 11.8 Å². The van der Waals surface area contributed by atoms with E-state index in [2.05, 4.69) is 6.92 Å². The van der Waals surface area contributed by atoms with Crippen LogP contribution in [0.5, 0.6) is 0 Å². The third kappa shape index (κ3) is 1.68. The average Bonchev–Trinajstić information content (AvgIpc) is 2.40.